The van der Waals surface area contributed by atoms with Gasteiger partial charge in [0.25, 0.3) is 0 Å². The van der Waals surface area contributed by atoms with Crippen molar-refractivity contribution in [1.29, 1.82) is 0 Å². The minimum atomic E-state index is 0.195. The maximum absolute atomic E-state index is 12.6. The molecular formula is C14H21N3OS. The number of hydrogen-bond donors (Lipinski definition) is 0. The highest BCUT2D eigenvalue weighted by Crippen LogP contribution is 2.29. The van der Waals surface area contributed by atoms with Gasteiger partial charge in [0.1, 0.15) is 0 Å². The first-order valence-electron chi connectivity index (χ1n) is 7.20. The van der Waals surface area contributed by atoms with Gasteiger partial charge >= 0.3 is 0 Å². The van der Waals surface area contributed by atoms with Gasteiger partial charge in [-0.15, -0.1) is 11.3 Å². The molecule has 0 radical (unpaired) electrons. The first-order chi connectivity index (χ1) is 9.28. The normalized spacial score (nSPS) is 24.3. The molecule has 1 unspecified atom stereocenters. The molecule has 104 valence electrons. The number of carbonyl (C=O) groups excluding carboxylic acids is 1. The van der Waals surface area contributed by atoms with Crippen molar-refractivity contribution in [3.63, 3.8) is 0 Å². The molecule has 1 aliphatic heterocycles. The van der Waals surface area contributed by atoms with Crippen molar-refractivity contribution in [1.82, 2.24) is 14.8 Å². The molecule has 1 aromatic heterocycles. The van der Waals surface area contributed by atoms with Crippen molar-refractivity contribution in [3.8, 4) is 0 Å². The molecule has 0 bridgehead atoms. The van der Waals surface area contributed by atoms with Crippen molar-refractivity contribution in [2.45, 2.75) is 26.2 Å². The summed E-state index contributed by atoms with van der Waals surface area (Å²) < 4.78 is 0. The fourth-order valence-electron chi connectivity index (χ4n) is 3.05. The second kappa shape index (κ2) is 5.59. The zero-order valence-electron chi connectivity index (χ0n) is 11.5. The van der Waals surface area contributed by atoms with Crippen molar-refractivity contribution in [2.24, 2.45) is 5.92 Å². The molecule has 1 saturated heterocycles. The third kappa shape index (κ3) is 2.67. The Labute approximate surface area is 118 Å². The molecule has 0 saturated carbocycles. The lowest BCUT2D eigenvalue weighted by Gasteiger charge is -2.36. The van der Waals surface area contributed by atoms with E-state index in [-0.39, 0.29) is 5.92 Å². The summed E-state index contributed by atoms with van der Waals surface area (Å²) in [7, 11) is 0. The van der Waals surface area contributed by atoms with E-state index >= 15 is 0 Å². The van der Waals surface area contributed by atoms with Gasteiger partial charge in [-0.05, 0) is 25.8 Å². The highest BCUT2D eigenvalue weighted by atomic mass is 32.1. The lowest BCUT2D eigenvalue weighted by Crippen LogP contribution is -2.50. The molecule has 19 heavy (non-hydrogen) atoms. The van der Waals surface area contributed by atoms with Crippen molar-refractivity contribution >= 4 is 17.2 Å². The van der Waals surface area contributed by atoms with Gasteiger partial charge in [0.05, 0.1) is 11.2 Å². The molecule has 5 heteroatoms. The van der Waals surface area contributed by atoms with Gasteiger partial charge in [-0.1, -0.05) is 6.92 Å². The Bertz CT molecular complexity index is 451. The molecule has 2 aliphatic rings. The van der Waals surface area contributed by atoms with E-state index in [0.717, 1.165) is 52.0 Å². The molecular weight excluding hydrogens is 258 g/mol. The average molecular weight is 279 g/mol. The molecule has 1 fully saturated rings. The van der Waals surface area contributed by atoms with Crippen LogP contribution in [0.4, 0.5) is 0 Å². The molecule has 0 spiro atoms. The van der Waals surface area contributed by atoms with Crippen LogP contribution in [0.1, 0.15) is 23.9 Å². The number of carbonyl (C=O) groups is 1. The third-order valence-electron chi connectivity index (χ3n) is 4.37. The molecule has 2 heterocycles. The van der Waals surface area contributed by atoms with Gasteiger partial charge in [0.15, 0.2) is 0 Å². The summed E-state index contributed by atoms with van der Waals surface area (Å²) in [5.41, 5.74) is 3.14. The highest BCUT2D eigenvalue weighted by Gasteiger charge is 2.30. The number of aryl methyl sites for hydroxylation is 1. The average Bonchev–Trinajstić information content (AvgIpc) is 2.94. The summed E-state index contributed by atoms with van der Waals surface area (Å²) in [5, 5.41) is 0. The lowest BCUT2D eigenvalue weighted by atomic mass is 9.90. The SMILES string of the molecule is CCN1CCN(C(=O)C2CCc3ncsc3C2)CC1. The van der Waals surface area contributed by atoms with Gasteiger partial charge in [0.2, 0.25) is 5.91 Å². The quantitative estimate of drug-likeness (QED) is 0.821. The van der Waals surface area contributed by atoms with Gasteiger partial charge in [-0.2, -0.15) is 0 Å². The van der Waals surface area contributed by atoms with Gasteiger partial charge < -0.3 is 9.80 Å². The van der Waals surface area contributed by atoms with Crippen LogP contribution in [0.15, 0.2) is 5.51 Å². The van der Waals surface area contributed by atoms with Crippen LogP contribution in [0.3, 0.4) is 0 Å². The van der Waals surface area contributed by atoms with Crippen LogP contribution >= 0.6 is 11.3 Å². The van der Waals surface area contributed by atoms with Crippen LogP contribution in [0, 0.1) is 5.92 Å². The Hall–Kier alpha value is -0.940. The maximum Gasteiger partial charge on any atom is 0.226 e. The molecule has 4 nitrogen and oxygen atoms in total. The van der Waals surface area contributed by atoms with E-state index in [1.165, 1.54) is 10.6 Å². The number of hydrogen-bond acceptors (Lipinski definition) is 4. The summed E-state index contributed by atoms with van der Waals surface area (Å²) in [6.45, 7) is 7.14. The topological polar surface area (TPSA) is 36.4 Å². The zero-order valence-corrected chi connectivity index (χ0v) is 12.3. The second-order valence-corrected chi connectivity index (χ2v) is 6.36. The number of thiazole rings is 1. The third-order valence-corrected chi connectivity index (χ3v) is 5.26. The Morgan fingerprint density at radius 2 is 2.21 bits per heavy atom. The van der Waals surface area contributed by atoms with Crippen molar-refractivity contribution in [3.05, 3.63) is 16.1 Å². The van der Waals surface area contributed by atoms with Crippen LogP contribution in [-0.2, 0) is 17.6 Å². The van der Waals surface area contributed by atoms with Crippen LogP contribution < -0.4 is 0 Å². The Balaban J connectivity index is 1.60. The highest BCUT2D eigenvalue weighted by molar-refractivity contribution is 7.09. The van der Waals surface area contributed by atoms with E-state index in [2.05, 4.69) is 21.7 Å². The summed E-state index contributed by atoms with van der Waals surface area (Å²) in [6.07, 6.45) is 2.86. The number of likely N-dealkylation sites (N-methyl/N-ethyl adjacent to an activating group) is 1. The van der Waals surface area contributed by atoms with Gasteiger partial charge in [-0.3, -0.25) is 4.79 Å². The minimum absolute atomic E-state index is 0.195. The Kier molecular flexibility index (Phi) is 3.84. The molecule has 3 rings (SSSR count). The van der Waals surface area contributed by atoms with E-state index in [9.17, 15) is 4.79 Å². The van der Waals surface area contributed by atoms with E-state index in [1.54, 1.807) is 11.3 Å². The van der Waals surface area contributed by atoms with Crippen molar-refractivity contribution in [2.75, 3.05) is 32.7 Å². The fraction of sp³-hybridized carbons (Fsp3) is 0.714. The number of rotatable bonds is 2. The molecule has 1 aromatic rings. The van der Waals surface area contributed by atoms with Crippen molar-refractivity contribution < 1.29 is 4.79 Å². The lowest BCUT2D eigenvalue weighted by molar-refractivity contribution is -0.137. The molecule has 1 atom stereocenters. The molecule has 0 N–H and O–H groups in total. The van der Waals surface area contributed by atoms with E-state index in [0.29, 0.717) is 5.91 Å². The molecule has 1 amide bonds. The fourth-order valence-corrected chi connectivity index (χ4v) is 3.95. The standard InChI is InChI=1S/C14H21N3OS/c1-2-16-5-7-17(8-6-16)14(18)11-3-4-12-13(9-11)19-10-15-12/h10-11H,2-9H2,1H3. The first-order valence-corrected chi connectivity index (χ1v) is 8.08. The summed E-state index contributed by atoms with van der Waals surface area (Å²) in [4.78, 5) is 22.8. The van der Waals surface area contributed by atoms with Crippen LogP contribution in [0.2, 0.25) is 0 Å². The number of piperazine rings is 1. The van der Waals surface area contributed by atoms with Crippen LogP contribution in [-0.4, -0.2) is 53.4 Å². The number of fused-ring (bicyclic) bond motifs is 1. The van der Waals surface area contributed by atoms with E-state index < -0.39 is 0 Å². The predicted octanol–water partition coefficient (Wildman–Crippen LogP) is 1.41. The predicted molar refractivity (Wildman–Crippen MR) is 76.3 cm³/mol. The smallest absolute Gasteiger partial charge is 0.226 e. The molecule has 1 aliphatic carbocycles. The van der Waals surface area contributed by atoms with Crippen LogP contribution in [0.5, 0.6) is 0 Å². The largest absolute Gasteiger partial charge is 0.340 e. The zero-order chi connectivity index (χ0) is 13.2. The minimum Gasteiger partial charge on any atom is -0.340 e. The van der Waals surface area contributed by atoms with E-state index in [1.807, 2.05) is 5.51 Å². The van der Waals surface area contributed by atoms with Gasteiger partial charge in [-0.25, -0.2) is 4.98 Å². The second-order valence-electron chi connectivity index (χ2n) is 5.42. The summed E-state index contributed by atoms with van der Waals surface area (Å²) >= 11 is 1.71. The summed E-state index contributed by atoms with van der Waals surface area (Å²) in [6, 6.07) is 0. The van der Waals surface area contributed by atoms with E-state index in [4.69, 9.17) is 0 Å². The number of nitrogens with zero attached hydrogens (tertiary/aromatic N) is 3. The first kappa shape index (κ1) is 13.1. The Morgan fingerprint density at radius 1 is 1.42 bits per heavy atom. The Morgan fingerprint density at radius 3 is 2.95 bits per heavy atom. The van der Waals surface area contributed by atoms with Crippen LogP contribution in [0.25, 0.3) is 0 Å². The number of amides is 1. The number of aromatic nitrogens is 1. The monoisotopic (exact) mass is 279 g/mol. The maximum atomic E-state index is 12.6. The van der Waals surface area contributed by atoms with Gasteiger partial charge in [0, 0.05) is 37.0 Å². The molecule has 0 aromatic carbocycles. The summed E-state index contributed by atoms with van der Waals surface area (Å²) in [5.74, 6) is 0.566.